The van der Waals surface area contributed by atoms with Crippen LogP contribution in [0.1, 0.15) is 49.5 Å². The van der Waals surface area contributed by atoms with Gasteiger partial charge in [-0.3, -0.25) is 9.52 Å². The lowest BCUT2D eigenvalue weighted by atomic mass is 10.0. The number of amides is 1. The summed E-state index contributed by atoms with van der Waals surface area (Å²) in [6.45, 7) is 8.04. The van der Waals surface area contributed by atoms with Crippen LogP contribution in [0.5, 0.6) is 5.75 Å². The van der Waals surface area contributed by atoms with E-state index in [-0.39, 0.29) is 16.8 Å². The average Bonchev–Trinajstić information content (AvgIpc) is 2.66. The Hall–Kier alpha value is -2.54. The maximum absolute atomic E-state index is 12.8. The number of hydrogen-bond donors (Lipinski definition) is 2. The van der Waals surface area contributed by atoms with Crippen molar-refractivity contribution in [3.8, 4) is 5.75 Å². The van der Waals surface area contributed by atoms with Crippen LogP contribution in [-0.4, -0.2) is 27.5 Å². The molecule has 0 spiro atoms. The largest absolute Gasteiger partial charge is 0.497 e. The third-order valence-corrected chi connectivity index (χ3v) is 6.04. The predicted octanol–water partition coefficient (Wildman–Crippen LogP) is 4.36. The van der Waals surface area contributed by atoms with Gasteiger partial charge in [-0.15, -0.1) is 0 Å². The molecule has 2 aromatic rings. The van der Waals surface area contributed by atoms with Gasteiger partial charge in [0.05, 0.1) is 12.0 Å². The molecule has 2 N–H and O–H groups in total. The van der Waals surface area contributed by atoms with Gasteiger partial charge in [0.2, 0.25) is 0 Å². The maximum atomic E-state index is 12.8. The van der Waals surface area contributed by atoms with Crippen molar-refractivity contribution < 1.29 is 17.9 Å². The normalized spacial score (nSPS) is 12.5. The Morgan fingerprint density at radius 1 is 1.03 bits per heavy atom. The van der Waals surface area contributed by atoms with E-state index in [1.54, 1.807) is 44.4 Å². The van der Waals surface area contributed by atoms with Gasteiger partial charge < -0.3 is 10.1 Å². The van der Waals surface area contributed by atoms with Crippen LogP contribution in [0.2, 0.25) is 0 Å². The zero-order valence-electron chi connectivity index (χ0n) is 17.7. The molecule has 1 unspecified atom stereocenters. The van der Waals surface area contributed by atoms with Crippen molar-refractivity contribution in [2.24, 2.45) is 5.92 Å². The molecule has 0 saturated heterocycles. The Morgan fingerprint density at radius 3 is 2.28 bits per heavy atom. The predicted molar refractivity (Wildman–Crippen MR) is 116 cm³/mol. The Bertz CT molecular complexity index is 938. The van der Waals surface area contributed by atoms with Gasteiger partial charge in [0.1, 0.15) is 5.75 Å². The highest BCUT2D eigenvalue weighted by Gasteiger charge is 2.19. The summed E-state index contributed by atoms with van der Waals surface area (Å²) in [5.41, 5.74) is 1.50. The first kappa shape index (κ1) is 22.7. The molecule has 158 valence electrons. The molecule has 0 aromatic heterocycles. The second kappa shape index (κ2) is 9.78. The van der Waals surface area contributed by atoms with Crippen LogP contribution in [-0.2, 0) is 10.0 Å². The summed E-state index contributed by atoms with van der Waals surface area (Å²) in [6, 6.07) is 11.2. The molecular weight excluding hydrogens is 388 g/mol. The lowest BCUT2D eigenvalue weighted by molar-refractivity contribution is 0.0936. The second-order valence-corrected chi connectivity index (χ2v) is 9.34. The van der Waals surface area contributed by atoms with E-state index in [0.717, 1.165) is 18.4 Å². The van der Waals surface area contributed by atoms with Gasteiger partial charge in [-0.25, -0.2) is 8.42 Å². The van der Waals surface area contributed by atoms with Crippen LogP contribution in [0, 0.1) is 12.8 Å². The Kier molecular flexibility index (Phi) is 7.67. The number of anilines is 1. The fraction of sp³-hybridized carbons (Fsp3) is 0.409. The van der Waals surface area contributed by atoms with E-state index < -0.39 is 10.0 Å². The smallest absolute Gasteiger partial charge is 0.261 e. The second-order valence-electron chi connectivity index (χ2n) is 7.66. The van der Waals surface area contributed by atoms with Crippen molar-refractivity contribution >= 4 is 21.6 Å². The first-order chi connectivity index (χ1) is 13.6. The number of methoxy groups -OCH3 is 1. The molecule has 1 atom stereocenters. The number of hydrogen-bond acceptors (Lipinski definition) is 4. The lowest BCUT2D eigenvalue weighted by Crippen LogP contribution is -2.33. The highest BCUT2D eigenvalue weighted by Crippen LogP contribution is 2.21. The summed E-state index contributed by atoms with van der Waals surface area (Å²) in [4.78, 5) is 12.7. The minimum Gasteiger partial charge on any atom is -0.497 e. The molecule has 2 rings (SSSR count). The molecule has 0 saturated carbocycles. The zero-order chi connectivity index (χ0) is 21.6. The van der Waals surface area contributed by atoms with Crippen LogP contribution < -0.4 is 14.8 Å². The van der Waals surface area contributed by atoms with E-state index in [4.69, 9.17) is 4.74 Å². The van der Waals surface area contributed by atoms with Crippen LogP contribution in [0.4, 0.5) is 5.69 Å². The van der Waals surface area contributed by atoms with Crippen molar-refractivity contribution in [1.82, 2.24) is 5.32 Å². The summed E-state index contributed by atoms with van der Waals surface area (Å²) in [5, 5.41) is 2.97. The molecule has 0 aliphatic carbocycles. The van der Waals surface area contributed by atoms with E-state index >= 15 is 0 Å². The van der Waals surface area contributed by atoms with E-state index in [2.05, 4.69) is 23.9 Å². The Labute approximate surface area is 173 Å². The number of nitrogens with one attached hydrogen (secondary N) is 2. The third-order valence-electron chi connectivity index (χ3n) is 4.66. The van der Waals surface area contributed by atoms with Gasteiger partial charge in [0.15, 0.2) is 0 Å². The van der Waals surface area contributed by atoms with E-state index in [1.807, 2.05) is 6.92 Å². The van der Waals surface area contributed by atoms with Crippen LogP contribution in [0.3, 0.4) is 0 Å². The van der Waals surface area contributed by atoms with E-state index in [0.29, 0.717) is 22.9 Å². The lowest BCUT2D eigenvalue weighted by Gasteiger charge is -2.17. The summed E-state index contributed by atoms with van der Waals surface area (Å²) in [6.07, 6.45) is 1.89. The fourth-order valence-electron chi connectivity index (χ4n) is 2.84. The average molecular weight is 419 g/mol. The quantitative estimate of drug-likeness (QED) is 0.634. The number of rotatable bonds is 9. The Balaban J connectivity index is 2.18. The van der Waals surface area contributed by atoms with Gasteiger partial charge in [0, 0.05) is 17.3 Å². The molecular formula is C22H30N2O4S. The molecule has 0 radical (unpaired) electrons. The third kappa shape index (κ3) is 6.49. The number of ether oxygens (including phenoxy) is 1. The van der Waals surface area contributed by atoms with Gasteiger partial charge in [-0.05, 0) is 74.6 Å². The number of carbonyl (C=O) groups is 1. The fourth-order valence-corrected chi connectivity index (χ4v) is 3.93. The van der Waals surface area contributed by atoms with Crippen molar-refractivity contribution in [2.75, 3.05) is 11.8 Å². The molecule has 0 heterocycles. The van der Waals surface area contributed by atoms with E-state index in [9.17, 15) is 13.2 Å². The maximum Gasteiger partial charge on any atom is 0.261 e. The standard InChI is InChI=1S/C22H30N2O4S/c1-15(2)6-8-17(4)23-22(25)21-14-20(13-7-16(21)3)29(26,27)24-18-9-11-19(28-5)12-10-18/h7,9-15,17,24H,6,8H2,1-5H3,(H,23,25). The Morgan fingerprint density at radius 2 is 1.69 bits per heavy atom. The van der Waals surface area contributed by atoms with Crippen molar-refractivity contribution in [2.45, 2.75) is 51.5 Å². The van der Waals surface area contributed by atoms with Crippen LogP contribution in [0.15, 0.2) is 47.4 Å². The van der Waals surface area contributed by atoms with Gasteiger partial charge in [-0.2, -0.15) is 0 Å². The first-order valence-electron chi connectivity index (χ1n) is 9.70. The van der Waals surface area contributed by atoms with Crippen molar-refractivity contribution in [3.05, 3.63) is 53.6 Å². The molecule has 2 aromatic carbocycles. The van der Waals surface area contributed by atoms with Gasteiger partial charge in [0.25, 0.3) is 15.9 Å². The molecule has 0 aliphatic rings. The summed E-state index contributed by atoms with van der Waals surface area (Å²) >= 11 is 0. The van der Waals surface area contributed by atoms with Crippen molar-refractivity contribution in [1.29, 1.82) is 0 Å². The SMILES string of the molecule is COc1ccc(NS(=O)(=O)c2ccc(C)c(C(=O)NC(C)CCC(C)C)c2)cc1. The monoisotopic (exact) mass is 418 g/mol. The highest BCUT2D eigenvalue weighted by molar-refractivity contribution is 7.92. The molecule has 7 heteroatoms. The minimum atomic E-state index is -3.83. The zero-order valence-corrected chi connectivity index (χ0v) is 18.5. The summed E-state index contributed by atoms with van der Waals surface area (Å²) < 4.78 is 33.1. The number of carbonyl (C=O) groups excluding carboxylic acids is 1. The number of sulfonamides is 1. The molecule has 29 heavy (non-hydrogen) atoms. The molecule has 0 bridgehead atoms. The van der Waals surface area contributed by atoms with Gasteiger partial charge in [-0.1, -0.05) is 19.9 Å². The number of benzene rings is 2. The number of aryl methyl sites for hydroxylation is 1. The van der Waals surface area contributed by atoms with Crippen molar-refractivity contribution in [3.63, 3.8) is 0 Å². The van der Waals surface area contributed by atoms with Crippen LogP contribution >= 0.6 is 0 Å². The minimum absolute atomic E-state index is 0.0157. The summed E-state index contributed by atoms with van der Waals surface area (Å²) in [7, 11) is -2.28. The summed E-state index contributed by atoms with van der Waals surface area (Å²) in [5.74, 6) is 0.933. The molecule has 0 fully saturated rings. The van der Waals surface area contributed by atoms with Crippen LogP contribution in [0.25, 0.3) is 0 Å². The molecule has 1 amide bonds. The topological polar surface area (TPSA) is 84.5 Å². The van der Waals surface area contributed by atoms with Gasteiger partial charge >= 0.3 is 0 Å². The molecule has 0 aliphatic heterocycles. The van der Waals surface area contributed by atoms with E-state index in [1.165, 1.54) is 12.1 Å². The first-order valence-corrected chi connectivity index (χ1v) is 11.2. The highest BCUT2D eigenvalue weighted by atomic mass is 32.2. The molecule has 6 nitrogen and oxygen atoms in total.